The van der Waals surface area contributed by atoms with Crippen LogP contribution in [0.5, 0.6) is 0 Å². The molecule has 0 aliphatic heterocycles. The minimum Gasteiger partial charge on any atom is -0.465 e. The molecule has 0 amide bonds. The van der Waals surface area contributed by atoms with Crippen molar-refractivity contribution in [3.63, 3.8) is 0 Å². The summed E-state index contributed by atoms with van der Waals surface area (Å²) in [5.41, 5.74) is 5.76. The van der Waals surface area contributed by atoms with Gasteiger partial charge in [-0.2, -0.15) is 5.10 Å². The number of carbonyl (C=O) groups is 2. The molecular formula is C24H24ClN3O4. The Morgan fingerprint density at radius 1 is 1.06 bits per heavy atom. The van der Waals surface area contributed by atoms with Gasteiger partial charge in [-0.3, -0.25) is 9.67 Å². The van der Waals surface area contributed by atoms with Crippen molar-refractivity contribution in [3.8, 4) is 11.1 Å². The van der Waals surface area contributed by atoms with E-state index in [0.717, 1.165) is 33.6 Å². The lowest BCUT2D eigenvalue weighted by molar-refractivity contribution is 0.0555. The first-order valence-corrected chi connectivity index (χ1v) is 10.2. The van der Waals surface area contributed by atoms with Crippen molar-refractivity contribution >= 4 is 30.3 Å². The van der Waals surface area contributed by atoms with E-state index in [1.54, 1.807) is 18.2 Å². The lowest BCUT2D eigenvalue weighted by atomic mass is 10.0. The van der Waals surface area contributed by atoms with E-state index in [9.17, 15) is 9.59 Å². The maximum atomic E-state index is 12.2. The Hall–Kier alpha value is -3.45. The SMILES string of the molecule is C=NCc1ccc(-c2c(C)nn(Cc3ccc(C(=O)OC)c(C(=O)OC)c3)c2C)cc1Cl. The van der Waals surface area contributed by atoms with E-state index in [1.165, 1.54) is 14.2 Å². The van der Waals surface area contributed by atoms with Gasteiger partial charge in [0, 0.05) is 16.3 Å². The second-order valence-corrected chi connectivity index (χ2v) is 7.66. The Labute approximate surface area is 191 Å². The topological polar surface area (TPSA) is 82.8 Å². The van der Waals surface area contributed by atoms with Gasteiger partial charge in [0.05, 0.1) is 44.1 Å². The van der Waals surface area contributed by atoms with Crippen molar-refractivity contribution in [1.82, 2.24) is 9.78 Å². The van der Waals surface area contributed by atoms with Crippen LogP contribution in [-0.4, -0.2) is 42.7 Å². The smallest absolute Gasteiger partial charge is 0.338 e. The summed E-state index contributed by atoms with van der Waals surface area (Å²) in [6, 6.07) is 10.8. The highest BCUT2D eigenvalue weighted by atomic mass is 35.5. The van der Waals surface area contributed by atoms with E-state index in [1.807, 2.05) is 36.7 Å². The van der Waals surface area contributed by atoms with Crippen LogP contribution < -0.4 is 0 Å². The normalized spacial score (nSPS) is 10.7. The predicted octanol–water partition coefficient (Wildman–Crippen LogP) is 4.64. The quantitative estimate of drug-likeness (QED) is 0.384. The van der Waals surface area contributed by atoms with E-state index in [2.05, 4.69) is 16.8 Å². The minimum absolute atomic E-state index is 0.150. The van der Waals surface area contributed by atoms with Crippen LogP contribution in [0.15, 0.2) is 41.4 Å². The van der Waals surface area contributed by atoms with Gasteiger partial charge in [-0.25, -0.2) is 9.59 Å². The van der Waals surface area contributed by atoms with Crippen LogP contribution in [-0.2, 0) is 22.6 Å². The molecule has 3 rings (SSSR count). The lowest BCUT2D eigenvalue weighted by Gasteiger charge is -2.11. The fraction of sp³-hybridized carbons (Fsp3) is 0.250. The third-order valence-corrected chi connectivity index (χ3v) is 5.58. The van der Waals surface area contributed by atoms with Crippen molar-refractivity contribution in [2.45, 2.75) is 26.9 Å². The zero-order chi connectivity index (χ0) is 23.4. The van der Waals surface area contributed by atoms with Gasteiger partial charge in [0.1, 0.15) is 0 Å². The molecule has 2 aromatic carbocycles. The van der Waals surface area contributed by atoms with Gasteiger partial charge in [0.2, 0.25) is 0 Å². The van der Waals surface area contributed by atoms with Crippen molar-refractivity contribution in [3.05, 3.63) is 75.1 Å². The van der Waals surface area contributed by atoms with Crippen molar-refractivity contribution in [2.24, 2.45) is 4.99 Å². The fourth-order valence-corrected chi connectivity index (χ4v) is 3.89. The van der Waals surface area contributed by atoms with Crippen LogP contribution in [0.4, 0.5) is 0 Å². The second-order valence-electron chi connectivity index (χ2n) is 7.25. The van der Waals surface area contributed by atoms with Crippen molar-refractivity contribution in [1.29, 1.82) is 0 Å². The number of hydrogen-bond donors (Lipinski definition) is 0. The Bertz CT molecular complexity index is 1200. The Balaban J connectivity index is 1.98. The molecule has 1 aromatic heterocycles. The molecule has 0 aliphatic rings. The summed E-state index contributed by atoms with van der Waals surface area (Å²) in [7, 11) is 2.53. The zero-order valence-corrected chi connectivity index (χ0v) is 19.2. The Morgan fingerprint density at radius 3 is 2.38 bits per heavy atom. The Morgan fingerprint density at radius 2 is 1.75 bits per heavy atom. The summed E-state index contributed by atoms with van der Waals surface area (Å²) in [5, 5.41) is 5.30. The summed E-state index contributed by atoms with van der Waals surface area (Å²) in [5.74, 6) is -1.21. The number of aromatic nitrogens is 2. The summed E-state index contributed by atoms with van der Waals surface area (Å²) < 4.78 is 11.4. The van der Waals surface area contributed by atoms with Crippen LogP contribution in [0, 0.1) is 13.8 Å². The summed E-state index contributed by atoms with van der Waals surface area (Å²) >= 11 is 6.42. The maximum Gasteiger partial charge on any atom is 0.338 e. The second kappa shape index (κ2) is 9.78. The standard InChI is InChI=1S/C24H24ClN3O4/c1-14-22(17-7-8-18(12-26-3)21(25)11-17)15(2)28(27-14)13-16-6-9-19(23(29)31-4)20(10-16)24(30)32-5/h6-11H,3,12-13H2,1-2,4-5H3. The first-order chi connectivity index (χ1) is 15.3. The van der Waals surface area contributed by atoms with Crippen molar-refractivity contribution < 1.29 is 19.1 Å². The molecule has 3 aromatic rings. The predicted molar refractivity (Wildman–Crippen MR) is 124 cm³/mol. The average Bonchev–Trinajstić information content (AvgIpc) is 3.06. The molecule has 32 heavy (non-hydrogen) atoms. The summed E-state index contributed by atoms with van der Waals surface area (Å²) in [6.07, 6.45) is 0. The van der Waals surface area contributed by atoms with E-state index >= 15 is 0 Å². The number of ether oxygens (including phenoxy) is 2. The zero-order valence-electron chi connectivity index (χ0n) is 18.4. The number of nitrogens with zero attached hydrogens (tertiary/aromatic N) is 3. The molecule has 0 unspecified atom stereocenters. The molecule has 1 heterocycles. The van der Waals surface area contributed by atoms with Crippen LogP contribution >= 0.6 is 11.6 Å². The molecule has 0 fully saturated rings. The van der Waals surface area contributed by atoms with Gasteiger partial charge < -0.3 is 9.47 Å². The van der Waals surface area contributed by atoms with Crippen molar-refractivity contribution in [2.75, 3.05) is 14.2 Å². The van der Waals surface area contributed by atoms with Crippen LogP contribution in [0.3, 0.4) is 0 Å². The van der Waals surface area contributed by atoms with E-state index in [0.29, 0.717) is 18.1 Å². The molecule has 0 atom stereocenters. The molecule has 0 bridgehead atoms. The van der Waals surface area contributed by atoms with E-state index in [4.69, 9.17) is 21.1 Å². The molecule has 8 heteroatoms. The first-order valence-electron chi connectivity index (χ1n) is 9.85. The molecule has 0 spiro atoms. The number of rotatable bonds is 7. The average molecular weight is 454 g/mol. The highest BCUT2D eigenvalue weighted by molar-refractivity contribution is 6.31. The molecule has 166 valence electrons. The van der Waals surface area contributed by atoms with Gasteiger partial charge in [0.15, 0.2) is 0 Å². The number of aryl methyl sites for hydroxylation is 1. The molecule has 0 aliphatic carbocycles. The molecule has 0 saturated carbocycles. The first kappa shape index (κ1) is 23.2. The number of carbonyl (C=O) groups excluding carboxylic acids is 2. The molecule has 0 radical (unpaired) electrons. The van der Waals surface area contributed by atoms with Crippen LogP contribution in [0.25, 0.3) is 11.1 Å². The van der Waals surface area contributed by atoms with Gasteiger partial charge in [-0.1, -0.05) is 29.8 Å². The van der Waals surface area contributed by atoms with E-state index in [-0.39, 0.29) is 11.1 Å². The van der Waals surface area contributed by atoms with Gasteiger partial charge >= 0.3 is 11.9 Å². The third kappa shape index (κ3) is 4.57. The molecule has 0 saturated heterocycles. The van der Waals surface area contributed by atoms with Gasteiger partial charge in [-0.15, -0.1) is 0 Å². The Kier molecular flexibility index (Phi) is 7.10. The number of halogens is 1. The number of esters is 2. The number of methoxy groups -OCH3 is 2. The largest absolute Gasteiger partial charge is 0.465 e. The highest BCUT2D eigenvalue weighted by Gasteiger charge is 2.20. The highest BCUT2D eigenvalue weighted by Crippen LogP contribution is 2.31. The summed E-state index contributed by atoms with van der Waals surface area (Å²) in [6.45, 7) is 8.30. The molecule has 0 N–H and O–H groups in total. The third-order valence-electron chi connectivity index (χ3n) is 5.23. The molecule has 7 nitrogen and oxygen atoms in total. The number of benzene rings is 2. The van der Waals surface area contributed by atoms with Gasteiger partial charge in [-0.05, 0) is 55.5 Å². The number of aliphatic imine (C=N–C) groups is 1. The van der Waals surface area contributed by atoms with E-state index < -0.39 is 11.9 Å². The monoisotopic (exact) mass is 453 g/mol. The van der Waals surface area contributed by atoms with Gasteiger partial charge in [0.25, 0.3) is 0 Å². The number of hydrogen-bond acceptors (Lipinski definition) is 6. The molecular weight excluding hydrogens is 430 g/mol. The van der Waals surface area contributed by atoms with Crippen LogP contribution in [0.1, 0.15) is 43.2 Å². The maximum absolute atomic E-state index is 12.2. The lowest BCUT2D eigenvalue weighted by Crippen LogP contribution is -2.13. The van der Waals surface area contributed by atoms with Crippen LogP contribution in [0.2, 0.25) is 5.02 Å². The summed E-state index contributed by atoms with van der Waals surface area (Å²) in [4.78, 5) is 28.1. The minimum atomic E-state index is -0.606. The fourth-order valence-electron chi connectivity index (χ4n) is 3.65.